The molecule has 1 amide bonds. The van der Waals surface area contributed by atoms with Crippen molar-refractivity contribution in [3.63, 3.8) is 0 Å². The number of nitrogens with one attached hydrogen (secondary N) is 1. The van der Waals surface area contributed by atoms with Crippen LogP contribution in [-0.2, 0) is 17.6 Å². The number of hydrogen-bond donors (Lipinski definition) is 1. The number of thiophene rings is 1. The van der Waals surface area contributed by atoms with E-state index < -0.39 is 0 Å². The van der Waals surface area contributed by atoms with Crippen LogP contribution in [0.1, 0.15) is 22.6 Å². The SMILES string of the molecule is Cc1cc(NC(=O)CSc2ncnc3sc4c(c23)CCC4)no1. The van der Waals surface area contributed by atoms with E-state index in [1.165, 1.54) is 28.6 Å². The summed E-state index contributed by atoms with van der Waals surface area (Å²) in [5, 5.41) is 8.51. The fraction of sp³-hybridized carbons (Fsp3) is 0.333. The van der Waals surface area contributed by atoms with E-state index in [4.69, 9.17) is 4.52 Å². The van der Waals surface area contributed by atoms with E-state index in [1.807, 2.05) is 0 Å². The van der Waals surface area contributed by atoms with Gasteiger partial charge in [0.25, 0.3) is 0 Å². The van der Waals surface area contributed by atoms with Gasteiger partial charge < -0.3 is 9.84 Å². The summed E-state index contributed by atoms with van der Waals surface area (Å²) in [5.41, 5.74) is 1.38. The van der Waals surface area contributed by atoms with Gasteiger partial charge in [-0.15, -0.1) is 11.3 Å². The third-order valence-electron chi connectivity index (χ3n) is 3.70. The Morgan fingerprint density at radius 2 is 2.35 bits per heavy atom. The lowest BCUT2D eigenvalue weighted by Crippen LogP contribution is -2.14. The molecule has 23 heavy (non-hydrogen) atoms. The Morgan fingerprint density at radius 1 is 1.43 bits per heavy atom. The van der Waals surface area contributed by atoms with Gasteiger partial charge in [-0.25, -0.2) is 9.97 Å². The minimum atomic E-state index is -0.123. The smallest absolute Gasteiger partial charge is 0.236 e. The molecule has 0 atom stereocenters. The van der Waals surface area contributed by atoms with Crippen molar-refractivity contribution in [2.75, 3.05) is 11.1 Å². The van der Waals surface area contributed by atoms with Gasteiger partial charge >= 0.3 is 0 Å². The first-order valence-corrected chi connectivity index (χ1v) is 9.12. The van der Waals surface area contributed by atoms with Crippen LogP contribution < -0.4 is 5.32 Å². The van der Waals surface area contributed by atoms with Gasteiger partial charge in [0.2, 0.25) is 5.91 Å². The van der Waals surface area contributed by atoms with Crippen molar-refractivity contribution >= 4 is 45.0 Å². The van der Waals surface area contributed by atoms with Crippen molar-refractivity contribution < 1.29 is 9.32 Å². The predicted octanol–water partition coefficient (Wildman–Crippen LogP) is 3.21. The average molecular weight is 346 g/mol. The summed E-state index contributed by atoms with van der Waals surface area (Å²) in [5.74, 6) is 1.27. The highest BCUT2D eigenvalue weighted by molar-refractivity contribution is 8.00. The Bertz CT molecular complexity index is 887. The van der Waals surface area contributed by atoms with Crippen LogP contribution in [0.25, 0.3) is 10.2 Å². The first kappa shape index (κ1) is 14.6. The van der Waals surface area contributed by atoms with Crippen LogP contribution in [0.5, 0.6) is 0 Å². The minimum Gasteiger partial charge on any atom is -0.360 e. The molecule has 1 aliphatic carbocycles. The molecular weight excluding hydrogens is 332 g/mol. The van der Waals surface area contributed by atoms with Crippen molar-refractivity contribution in [2.24, 2.45) is 0 Å². The molecule has 0 aliphatic heterocycles. The number of carbonyl (C=O) groups is 1. The number of hydrogen-bond acceptors (Lipinski definition) is 7. The standard InChI is InChI=1S/C15H14N4O2S2/c1-8-5-11(19-21-8)18-12(20)6-22-14-13-9-3-2-4-10(9)23-15(13)17-7-16-14/h5,7H,2-4,6H2,1H3,(H,18,19,20). The molecule has 1 aliphatic rings. The van der Waals surface area contributed by atoms with E-state index in [1.54, 1.807) is 30.7 Å². The molecule has 0 saturated heterocycles. The van der Waals surface area contributed by atoms with Crippen molar-refractivity contribution in [1.82, 2.24) is 15.1 Å². The van der Waals surface area contributed by atoms with Crippen LogP contribution in [0.15, 0.2) is 21.9 Å². The number of carbonyl (C=O) groups excluding carboxylic acids is 1. The van der Waals surface area contributed by atoms with Crippen molar-refractivity contribution in [3.8, 4) is 0 Å². The molecular formula is C15H14N4O2S2. The highest BCUT2D eigenvalue weighted by Crippen LogP contribution is 2.39. The zero-order valence-electron chi connectivity index (χ0n) is 12.5. The normalized spacial score (nSPS) is 13.4. The Kier molecular flexibility index (Phi) is 3.78. The molecule has 0 spiro atoms. The van der Waals surface area contributed by atoms with Gasteiger partial charge in [0, 0.05) is 16.3 Å². The predicted molar refractivity (Wildman–Crippen MR) is 90.0 cm³/mol. The van der Waals surface area contributed by atoms with Gasteiger partial charge in [-0.2, -0.15) is 0 Å². The van der Waals surface area contributed by atoms with E-state index in [0.29, 0.717) is 11.6 Å². The van der Waals surface area contributed by atoms with Crippen LogP contribution in [0.3, 0.4) is 0 Å². The van der Waals surface area contributed by atoms with Crippen molar-refractivity contribution in [2.45, 2.75) is 31.2 Å². The van der Waals surface area contributed by atoms with Crippen LogP contribution >= 0.6 is 23.1 Å². The minimum absolute atomic E-state index is 0.123. The number of rotatable bonds is 4. The van der Waals surface area contributed by atoms with E-state index in [0.717, 1.165) is 28.1 Å². The van der Waals surface area contributed by atoms with E-state index in [-0.39, 0.29) is 11.7 Å². The zero-order valence-corrected chi connectivity index (χ0v) is 14.1. The molecule has 0 saturated carbocycles. The maximum Gasteiger partial charge on any atom is 0.236 e. The molecule has 3 aromatic rings. The maximum atomic E-state index is 12.0. The monoisotopic (exact) mass is 346 g/mol. The second-order valence-corrected chi connectivity index (χ2v) is 7.42. The van der Waals surface area contributed by atoms with Gasteiger partial charge in [-0.1, -0.05) is 16.9 Å². The van der Waals surface area contributed by atoms with Gasteiger partial charge in [0.1, 0.15) is 21.9 Å². The number of amides is 1. The number of aromatic nitrogens is 3. The first-order chi connectivity index (χ1) is 11.2. The lowest BCUT2D eigenvalue weighted by Gasteiger charge is -2.04. The molecule has 3 aromatic heterocycles. The Morgan fingerprint density at radius 3 is 3.17 bits per heavy atom. The lowest BCUT2D eigenvalue weighted by atomic mass is 10.2. The number of fused-ring (bicyclic) bond motifs is 3. The Labute approximate surface area is 140 Å². The molecule has 0 bridgehead atoms. The maximum absolute atomic E-state index is 12.0. The number of aryl methyl sites for hydroxylation is 3. The van der Waals surface area contributed by atoms with Crippen LogP contribution in [0, 0.1) is 6.92 Å². The summed E-state index contributed by atoms with van der Waals surface area (Å²) < 4.78 is 4.94. The summed E-state index contributed by atoms with van der Waals surface area (Å²) >= 11 is 3.19. The summed E-state index contributed by atoms with van der Waals surface area (Å²) in [6.07, 6.45) is 4.99. The summed E-state index contributed by atoms with van der Waals surface area (Å²) in [7, 11) is 0. The molecule has 4 rings (SSSR count). The van der Waals surface area contributed by atoms with Crippen LogP contribution in [-0.4, -0.2) is 26.8 Å². The molecule has 8 heteroatoms. The fourth-order valence-electron chi connectivity index (χ4n) is 2.75. The molecule has 0 unspecified atom stereocenters. The molecule has 0 fully saturated rings. The summed E-state index contributed by atoms with van der Waals surface area (Å²) in [6, 6.07) is 1.69. The lowest BCUT2D eigenvalue weighted by molar-refractivity contribution is -0.113. The number of thioether (sulfide) groups is 1. The van der Waals surface area contributed by atoms with Crippen LogP contribution in [0.2, 0.25) is 0 Å². The summed E-state index contributed by atoms with van der Waals surface area (Å²) in [6.45, 7) is 1.78. The highest BCUT2D eigenvalue weighted by atomic mass is 32.2. The van der Waals surface area contributed by atoms with Gasteiger partial charge in [0.15, 0.2) is 5.82 Å². The molecule has 3 heterocycles. The summed E-state index contributed by atoms with van der Waals surface area (Å²) in [4.78, 5) is 23.3. The quantitative estimate of drug-likeness (QED) is 0.577. The molecule has 1 N–H and O–H groups in total. The van der Waals surface area contributed by atoms with E-state index in [9.17, 15) is 4.79 Å². The second-order valence-electron chi connectivity index (χ2n) is 5.38. The van der Waals surface area contributed by atoms with Crippen molar-refractivity contribution in [3.05, 3.63) is 28.6 Å². The molecule has 118 valence electrons. The Hall–Kier alpha value is -1.93. The topological polar surface area (TPSA) is 80.9 Å². The number of anilines is 1. The second kappa shape index (κ2) is 5.93. The van der Waals surface area contributed by atoms with Gasteiger partial charge in [0.05, 0.1) is 5.75 Å². The molecule has 6 nitrogen and oxygen atoms in total. The van der Waals surface area contributed by atoms with Gasteiger partial charge in [-0.05, 0) is 31.7 Å². The Balaban J connectivity index is 1.51. The molecule has 0 radical (unpaired) electrons. The fourth-order valence-corrected chi connectivity index (χ4v) is 4.87. The number of nitrogens with zero attached hydrogens (tertiary/aromatic N) is 3. The van der Waals surface area contributed by atoms with E-state index >= 15 is 0 Å². The van der Waals surface area contributed by atoms with E-state index in [2.05, 4.69) is 20.4 Å². The molecule has 0 aromatic carbocycles. The van der Waals surface area contributed by atoms with Crippen molar-refractivity contribution in [1.29, 1.82) is 0 Å². The van der Waals surface area contributed by atoms with Crippen LogP contribution in [0.4, 0.5) is 5.82 Å². The zero-order chi connectivity index (χ0) is 15.8. The largest absolute Gasteiger partial charge is 0.360 e. The van der Waals surface area contributed by atoms with Gasteiger partial charge in [-0.3, -0.25) is 4.79 Å². The average Bonchev–Trinajstić information content (AvgIpc) is 3.20. The third kappa shape index (κ3) is 2.84. The highest BCUT2D eigenvalue weighted by Gasteiger charge is 2.21. The first-order valence-electron chi connectivity index (χ1n) is 7.32. The third-order valence-corrected chi connectivity index (χ3v) is 5.89.